The Bertz CT molecular complexity index is 1620. The quantitative estimate of drug-likeness (QED) is 0.0509. The van der Waals surface area contributed by atoms with Crippen molar-refractivity contribution >= 4 is 21.5 Å². The normalized spacial score (nSPS) is 10.4. The minimum absolute atomic E-state index is 0. The van der Waals surface area contributed by atoms with Gasteiger partial charge in [0.1, 0.15) is 0 Å². The molecule has 48 heavy (non-hydrogen) atoms. The number of hydrogen-bond donors (Lipinski definition) is 0. The summed E-state index contributed by atoms with van der Waals surface area (Å²) in [7, 11) is 0. The number of fused-ring (bicyclic) bond motifs is 2. The second-order valence-corrected chi connectivity index (χ2v) is 12.8. The van der Waals surface area contributed by atoms with Crippen molar-refractivity contribution in [1.29, 1.82) is 0 Å². The Balaban J connectivity index is 0.00000312. The first-order valence-corrected chi connectivity index (χ1v) is 17.9. The van der Waals surface area contributed by atoms with Crippen molar-refractivity contribution in [3.05, 3.63) is 137 Å². The summed E-state index contributed by atoms with van der Waals surface area (Å²) in [6, 6.07) is 35.0. The Kier molecular flexibility index (Phi) is 17.2. The molecule has 0 spiro atoms. The summed E-state index contributed by atoms with van der Waals surface area (Å²) >= 11 is 0. The van der Waals surface area contributed by atoms with Crippen molar-refractivity contribution in [2.24, 2.45) is 0 Å². The van der Waals surface area contributed by atoms with E-state index in [9.17, 15) is 0 Å². The Morgan fingerprint density at radius 3 is 1.02 bits per heavy atom. The van der Waals surface area contributed by atoms with E-state index in [-0.39, 0.29) is 25.0 Å². The van der Waals surface area contributed by atoms with Crippen LogP contribution >= 0.6 is 0 Å². The minimum atomic E-state index is 0. The molecule has 0 radical (unpaired) electrons. The van der Waals surface area contributed by atoms with Gasteiger partial charge in [0.25, 0.3) is 0 Å². The molecular formula is C46H52LiN. The van der Waals surface area contributed by atoms with Crippen molar-refractivity contribution in [3.8, 4) is 23.7 Å². The Morgan fingerprint density at radius 2 is 0.688 bits per heavy atom. The van der Waals surface area contributed by atoms with Gasteiger partial charge in [-0.3, -0.25) is 0 Å². The number of rotatable bonds is 14. The maximum Gasteiger partial charge on any atom is 1.00 e. The zero-order valence-electron chi connectivity index (χ0n) is 29.7. The zero-order valence-corrected chi connectivity index (χ0v) is 29.7. The van der Waals surface area contributed by atoms with Crippen LogP contribution in [0.3, 0.4) is 0 Å². The molecule has 0 fully saturated rings. The zero-order chi connectivity index (χ0) is 31.8. The van der Waals surface area contributed by atoms with E-state index in [0.717, 1.165) is 56.6 Å². The van der Waals surface area contributed by atoms with Gasteiger partial charge in [0, 0.05) is 22.3 Å². The summed E-state index contributed by atoms with van der Waals surface area (Å²) in [5.41, 5.74) is 7.09. The molecule has 1 nitrogen and oxygen atoms in total. The third-order valence-corrected chi connectivity index (χ3v) is 9.14. The molecule has 242 valence electrons. The van der Waals surface area contributed by atoms with Crippen LogP contribution in [0.5, 0.6) is 0 Å². The average Bonchev–Trinajstić information content (AvgIpc) is 3.10. The molecule has 0 bridgehead atoms. The van der Waals surface area contributed by atoms with Crippen molar-refractivity contribution in [2.45, 2.75) is 104 Å². The minimum Gasteiger partial charge on any atom is -0.693 e. The third kappa shape index (κ3) is 11.2. The number of hydrogen-bond acceptors (Lipinski definition) is 0. The van der Waals surface area contributed by atoms with Crippen LogP contribution in [0.1, 0.15) is 124 Å². The van der Waals surface area contributed by atoms with Crippen LogP contribution in [-0.4, -0.2) is 0 Å². The van der Waals surface area contributed by atoms with Crippen LogP contribution in [0.15, 0.2) is 97.1 Å². The summed E-state index contributed by atoms with van der Waals surface area (Å²) in [6.45, 7) is 4.55. The Morgan fingerprint density at radius 1 is 0.375 bits per heavy atom. The smallest absolute Gasteiger partial charge is 0.693 e. The molecule has 5 aromatic carbocycles. The van der Waals surface area contributed by atoms with Gasteiger partial charge >= 0.3 is 18.9 Å². The third-order valence-electron chi connectivity index (χ3n) is 9.14. The van der Waals surface area contributed by atoms with Gasteiger partial charge in [-0.15, -0.1) is 0 Å². The molecule has 0 heterocycles. The van der Waals surface area contributed by atoms with Crippen molar-refractivity contribution in [2.75, 3.05) is 0 Å². The number of nitrogens with two attached hydrogens (primary N) is 1. The molecular weight excluding hydrogens is 573 g/mol. The first kappa shape index (κ1) is 38.7. The molecule has 0 saturated heterocycles. The Hall–Kier alpha value is -3.70. The fraction of sp³-hybridized carbons (Fsp3) is 0.348. The van der Waals surface area contributed by atoms with Crippen LogP contribution in [-0.2, 0) is 12.8 Å². The van der Waals surface area contributed by atoms with Gasteiger partial charge in [0.05, 0.1) is 0 Å². The molecule has 0 aromatic heterocycles. The predicted molar refractivity (Wildman–Crippen MR) is 206 cm³/mol. The number of aryl methyl sites for hydroxylation is 2. The van der Waals surface area contributed by atoms with Crippen LogP contribution in [0.4, 0.5) is 0 Å². The van der Waals surface area contributed by atoms with Crippen molar-refractivity contribution < 1.29 is 18.9 Å². The van der Waals surface area contributed by atoms with Gasteiger partial charge in [0.15, 0.2) is 0 Å². The molecule has 2 heteroatoms. The van der Waals surface area contributed by atoms with Crippen LogP contribution in [0.2, 0.25) is 0 Å². The largest absolute Gasteiger partial charge is 1.00 e. The van der Waals surface area contributed by atoms with Gasteiger partial charge in [-0.2, -0.15) is 0 Å². The van der Waals surface area contributed by atoms with E-state index < -0.39 is 0 Å². The first-order valence-electron chi connectivity index (χ1n) is 17.9. The van der Waals surface area contributed by atoms with Crippen LogP contribution in [0, 0.1) is 23.7 Å². The topological polar surface area (TPSA) is 33.5 Å². The second-order valence-electron chi connectivity index (χ2n) is 12.8. The summed E-state index contributed by atoms with van der Waals surface area (Å²) in [5, 5.41) is 4.64. The fourth-order valence-corrected chi connectivity index (χ4v) is 6.40. The average molecular weight is 626 g/mol. The standard InChI is InChI=1S/C46H50.Li.H2N/c1-3-5-7-9-11-13-19-37-25-29-39(30-26-37)33-35-45-41-21-15-17-23-43(41)46(44-24-18-16-22-42(44)45)36-34-40-31-27-38(28-32-40)20-14-12-10-8-6-4-2;;/h15-18,21-32H,3-14,19-20H2,1-2H3;;1H2/q;+1;-1. The van der Waals surface area contributed by atoms with Gasteiger partial charge in [-0.25, -0.2) is 0 Å². The van der Waals surface area contributed by atoms with E-state index >= 15 is 0 Å². The van der Waals surface area contributed by atoms with E-state index in [1.165, 1.54) is 88.2 Å². The molecule has 5 aromatic rings. The van der Waals surface area contributed by atoms with E-state index in [0.29, 0.717) is 0 Å². The maximum atomic E-state index is 3.58. The molecule has 0 atom stereocenters. The van der Waals surface area contributed by atoms with Crippen molar-refractivity contribution in [1.82, 2.24) is 0 Å². The summed E-state index contributed by atoms with van der Waals surface area (Å²) in [6.07, 6.45) is 18.3. The van der Waals surface area contributed by atoms with E-state index in [1.807, 2.05) is 0 Å². The summed E-state index contributed by atoms with van der Waals surface area (Å²) < 4.78 is 0. The summed E-state index contributed by atoms with van der Waals surface area (Å²) in [5.74, 6) is 14.1. The SMILES string of the molecule is CCCCCCCCc1ccc(C#Cc2c3ccccc3c(C#Cc3ccc(CCCCCCCC)cc3)c3ccccc23)cc1.[Li+].[NH2-]. The number of benzene rings is 5. The molecule has 0 aliphatic heterocycles. The maximum absolute atomic E-state index is 3.58. The van der Waals surface area contributed by atoms with Crippen molar-refractivity contribution in [3.63, 3.8) is 0 Å². The monoisotopic (exact) mass is 625 g/mol. The molecule has 5 rings (SSSR count). The predicted octanol–water partition coefficient (Wildman–Crippen LogP) is 10.3. The molecule has 0 saturated carbocycles. The molecule has 0 aliphatic rings. The number of unbranched alkanes of at least 4 members (excludes halogenated alkanes) is 10. The summed E-state index contributed by atoms with van der Waals surface area (Å²) in [4.78, 5) is 0. The fourth-order valence-electron chi connectivity index (χ4n) is 6.40. The Labute approximate surface area is 303 Å². The van der Waals surface area contributed by atoms with E-state index in [4.69, 9.17) is 0 Å². The van der Waals surface area contributed by atoms with E-state index in [2.05, 4.69) is 135 Å². The molecule has 0 amide bonds. The second kappa shape index (κ2) is 21.3. The van der Waals surface area contributed by atoms with E-state index in [1.54, 1.807) is 0 Å². The van der Waals surface area contributed by atoms with Gasteiger partial charge < -0.3 is 6.15 Å². The van der Waals surface area contributed by atoms with Crippen LogP contribution < -0.4 is 18.9 Å². The van der Waals surface area contributed by atoms with Gasteiger partial charge in [0.2, 0.25) is 0 Å². The van der Waals surface area contributed by atoms with Gasteiger partial charge in [-0.05, 0) is 82.6 Å². The molecule has 0 unspecified atom stereocenters. The van der Waals surface area contributed by atoms with Crippen LogP contribution in [0.25, 0.3) is 27.7 Å². The first-order chi connectivity index (χ1) is 22.8. The molecule has 2 N–H and O–H groups in total. The molecule has 0 aliphatic carbocycles. The van der Waals surface area contributed by atoms with Gasteiger partial charge in [-0.1, -0.05) is 175 Å².